The molecular formula is C14H23ClN2O. The predicted molar refractivity (Wildman–Crippen MR) is 79.2 cm³/mol. The van der Waals surface area contributed by atoms with Gasteiger partial charge in [0.05, 0.1) is 6.04 Å². The van der Waals surface area contributed by atoms with Crippen LogP contribution in [0.4, 0.5) is 5.69 Å². The molecule has 1 aromatic carbocycles. The fraction of sp³-hybridized carbons (Fsp3) is 0.500. The third-order valence-electron chi connectivity index (χ3n) is 2.70. The van der Waals surface area contributed by atoms with Crippen molar-refractivity contribution in [3.63, 3.8) is 0 Å². The number of carbonyl (C=O) groups excluding carboxylic acids is 1. The van der Waals surface area contributed by atoms with Crippen LogP contribution < -0.4 is 11.1 Å². The normalized spacial score (nSPS) is 11.5. The van der Waals surface area contributed by atoms with Crippen LogP contribution in [0.15, 0.2) is 24.3 Å². The van der Waals surface area contributed by atoms with E-state index in [0.29, 0.717) is 0 Å². The van der Waals surface area contributed by atoms with Crippen LogP contribution in [0, 0.1) is 0 Å². The van der Waals surface area contributed by atoms with Crippen LogP contribution in [0.3, 0.4) is 0 Å². The zero-order valence-electron chi connectivity index (χ0n) is 11.1. The first kappa shape index (κ1) is 16.9. The minimum absolute atomic E-state index is 0. The number of rotatable bonds is 6. The van der Waals surface area contributed by atoms with E-state index in [-0.39, 0.29) is 18.3 Å². The molecule has 0 spiro atoms. The lowest BCUT2D eigenvalue weighted by atomic mass is 10.1. The monoisotopic (exact) mass is 270 g/mol. The molecule has 0 heterocycles. The quantitative estimate of drug-likeness (QED) is 0.781. The first-order valence-electron chi connectivity index (χ1n) is 6.29. The number of anilines is 1. The van der Waals surface area contributed by atoms with E-state index in [9.17, 15) is 4.79 Å². The number of amides is 1. The molecule has 0 aliphatic heterocycles. The topological polar surface area (TPSA) is 55.1 Å². The van der Waals surface area contributed by atoms with E-state index in [4.69, 9.17) is 5.73 Å². The summed E-state index contributed by atoms with van der Waals surface area (Å²) in [4.78, 5) is 11.4. The lowest BCUT2D eigenvalue weighted by molar-refractivity contribution is -0.117. The predicted octanol–water partition coefficient (Wildman–Crippen LogP) is 3.13. The fourth-order valence-corrected chi connectivity index (χ4v) is 1.59. The van der Waals surface area contributed by atoms with Crippen LogP contribution in [0.25, 0.3) is 0 Å². The molecule has 1 unspecified atom stereocenters. The second-order valence-electron chi connectivity index (χ2n) is 4.43. The highest BCUT2D eigenvalue weighted by Crippen LogP contribution is 2.12. The van der Waals surface area contributed by atoms with Crippen molar-refractivity contribution >= 4 is 24.0 Å². The molecule has 0 saturated heterocycles. The largest absolute Gasteiger partial charge is 0.325 e. The third-order valence-corrected chi connectivity index (χ3v) is 2.70. The maximum atomic E-state index is 11.4. The fourth-order valence-electron chi connectivity index (χ4n) is 1.59. The lowest BCUT2D eigenvalue weighted by Gasteiger charge is -2.08. The molecule has 1 amide bonds. The number of nitrogens with two attached hydrogens (primary N) is 1. The maximum Gasteiger partial charge on any atom is 0.240 e. The van der Waals surface area contributed by atoms with Gasteiger partial charge in [0.15, 0.2) is 0 Å². The minimum Gasteiger partial charge on any atom is -0.325 e. The summed E-state index contributed by atoms with van der Waals surface area (Å²) in [6.07, 6.45) is 4.84. The summed E-state index contributed by atoms with van der Waals surface area (Å²) in [7, 11) is 0. The van der Waals surface area contributed by atoms with E-state index < -0.39 is 6.04 Å². The van der Waals surface area contributed by atoms with Crippen molar-refractivity contribution in [1.29, 1.82) is 0 Å². The Labute approximate surface area is 116 Å². The molecular weight excluding hydrogens is 248 g/mol. The maximum absolute atomic E-state index is 11.4. The second kappa shape index (κ2) is 8.95. The van der Waals surface area contributed by atoms with Crippen LogP contribution in [-0.4, -0.2) is 11.9 Å². The summed E-state index contributed by atoms with van der Waals surface area (Å²) >= 11 is 0. The van der Waals surface area contributed by atoms with Gasteiger partial charge in [-0.1, -0.05) is 31.9 Å². The highest BCUT2D eigenvalue weighted by atomic mass is 35.5. The Kier molecular flexibility index (Phi) is 8.42. The van der Waals surface area contributed by atoms with Gasteiger partial charge in [0.2, 0.25) is 5.91 Å². The molecule has 3 nitrogen and oxygen atoms in total. The summed E-state index contributed by atoms with van der Waals surface area (Å²) in [5, 5.41) is 2.77. The van der Waals surface area contributed by atoms with Gasteiger partial charge in [0, 0.05) is 5.69 Å². The van der Waals surface area contributed by atoms with E-state index in [1.807, 2.05) is 12.1 Å². The molecule has 0 radical (unpaired) electrons. The van der Waals surface area contributed by atoms with E-state index in [1.165, 1.54) is 24.8 Å². The summed E-state index contributed by atoms with van der Waals surface area (Å²) in [5.74, 6) is -0.149. The Hall–Kier alpha value is -1.06. The van der Waals surface area contributed by atoms with E-state index in [2.05, 4.69) is 24.4 Å². The molecule has 0 aromatic heterocycles. The van der Waals surface area contributed by atoms with Crippen molar-refractivity contribution < 1.29 is 4.79 Å². The molecule has 18 heavy (non-hydrogen) atoms. The molecule has 0 aliphatic carbocycles. The van der Waals surface area contributed by atoms with E-state index >= 15 is 0 Å². The molecule has 1 atom stereocenters. The van der Waals surface area contributed by atoms with Crippen molar-refractivity contribution in [1.82, 2.24) is 0 Å². The molecule has 4 heteroatoms. The van der Waals surface area contributed by atoms with Crippen LogP contribution in [0.5, 0.6) is 0 Å². The average molecular weight is 271 g/mol. The molecule has 0 saturated carbocycles. The van der Waals surface area contributed by atoms with Crippen molar-refractivity contribution in [3.05, 3.63) is 29.8 Å². The molecule has 1 aromatic rings. The van der Waals surface area contributed by atoms with Crippen molar-refractivity contribution in [2.24, 2.45) is 5.73 Å². The van der Waals surface area contributed by atoms with Crippen molar-refractivity contribution in [3.8, 4) is 0 Å². The SMILES string of the molecule is CCCCCc1ccc(NC(=O)C(C)N)cc1.Cl. The number of carbonyl (C=O) groups is 1. The second-order valence-corrected chi connectivity index (χ2v) is 4.43. The van der Waals surface area contributed by atoms with Crippen molar-refractivity contribution in [2.75, 3.05) is 5.32 Å². The molecule has 3 N–H and O–H groups in total. The number of benzene rings is 1. The Balaban J connectivity index is 0.00000289. The Bertz CT molecular complexity index is 349. The number of hydrogen-bond acceptors (Lipinski definition) is 2. The van der Waals surface area contributed by atoms with Gasteiger partial charge in [-0.3, -0.25) is 4.79 Å². The summed E-state index contributed by atoms with van der Waals surface area (Å²) in [6, 6.07) is 7.52. The van der Waals surface area contributed by atoms with Gasteiger partial charge in [0.25, 0.3) is 0 Å². The zero-order chi connectivity index (χ0) is 12.7. The van der Waals surface area contributed by atoms with Gasteiger partial charge in [-0.05, 0) is 37.5 Å². The van der Waals surface area contributed by atoms with Crippen LogP contribution in [0.2, 0.25) is 0 Å². The standard InChI is InChI=1S/C14H22N2O.ClH/c1-3-4-5-6-12-7-9-13(10-8-12)16-14(17)11(2)15;/h7-11H,3-6,15H2,1-2H3,(H,16,17);1H. The van der Waals surface area contributed by atoms with Gasteiger partial charge in [-0.15, -0.1) is 12.4 Å². The third kappa shape index (κ3) is 6.03. The van der Waals surface area contributed by atoms with Crippen LogP contribution >= 0.6 is 12.4 Å². The highest BCUT2D eigenvalue weighted by Gasteiger charge is 2.06. The van der Waals surface area contributed by atoms with E-state index in [1.54, 1.807) is 6.92 Å². The number of halogens is 1. The number of hydrogen-bond donors (Lipinski definition) is 2. The minimum atomic E-state index is -0.473. The Morgan fingerprint density at radius 3 is 2.39 bits per heavy atom. The molecule has 0 fully saturated rings. The number of unbranched alkanes of at least 4 members (excludes halogenated alkanes) is 2. The first-order chi connectivity index (χ1) is 8.13. The lowest BCUT2D eigenvalue weighted by Crippen LogP contribution is -2.32. The van der Waals surface area contributed by atoms with Crippen LogP contribution in [0.1, 0.15) is 38.7 Å². The smallest absolute Gasteiger partial charge is 0.240 e. The molecule has 1 rings (SSSR count). The Morgan fingerprint density at radius 1 is 1.28 bits per heavy atom. The van der Waals surface area contributed by atoms with Gasteiger partial charge in [-0.25, -0.2) is 0 Å². The summed E-state index contributed by atoms with van der Waals surface area (Å²) in [5.41, 5.74) is 7.61. The Morgan fingerprint density at radius 2 is 1.89 bits per heavy atom. The summed E-state index contributed by atoms with van der Waals surface area (Å²) in [6.45, 7) is 3.88. The molecule has 0 aliphatic rings. The summed E-state index contributed by atoms with van der Waals surface area (Å²) < 4.78 is 0. The molecule has 102 valence electrons. The average Bonchev–Trinajstić information content (AvgIpc) is 2.31. The first-order valence-corrected chi connectivity index (χ1v) is 6.29. The van der Waals surface area contributed by atoms with E-state index in [0.717, 1.165) is 12.1 Å². The van der Waals surface area contributed by atoms with Crippen molar-refractivity contribution in [2.45, 2.75) is 45.6 Å². The number of nitrogens with one attached hydrogen (secondary N) is 1. The number of aryl methyl sites for hydroxylation is 1. The highest BCUT2D eigenvalue weighted by molar-refractivity contribution is 5.94. The van der Waals surface area contributed by atoms with Gasteiger partial charge in [-0.2, -0.15) is 0 Å². The zero-order valence-corrected chi connectivity index (χ0v) is 11.9. The van der Waals surface area contributed by atoms with Gasteiger partial charge in [0.1, 0.15) is 0 Å². The van der Waals surface area contributed by atoms with Crippen LogP contribution in [-0.2, 0) is 11.2 Å². The molecule has 0 bridgehead atoms. The van der Waals surface area contributed by atoms with Gasteiger partial charge < -0.3 is 11.1 Å². The van der Waals surface area contributed by atoms with Gasteiger partial charge >= 0.3 is 0 Å².